The minimum Gasteiger partial charge on any atom is -0.0622 e. The first-order valence-corrected chi connectivity index (χ1v) is 18.6. The van der Waals surface area contributed by atoms with Crippen LogP contribution >= 0.6 is 0 Å². The van der Waals surface area contributed by atoms with E-state index in [1.54, 1.807) is 0 Å². The van der Waals surface area contributed by atoms with Crippen molar-refractivity contribution in [2.24, 2.45) is 0 Å². The van der Waals surface area contributed by atoms with Gasteiger partial charge >= 0.3 is 0 Å². The van der Waals surface area contributed by atoms with E-state index in [-0.39, 0.29) is 5.41 Å². The molecular weight excluding hydrogens is 637 g/mol. The normalized spacial score (nSPS) is 12.9. The van der Waals surface area contributed by atoms with Gasteiger partial charge in [-0.25, -0.2) is 0 Å². The molecule has 9 aromatic rings. The molecule has 10 rings (SSSR count). The molecule has 0 atom stereocenters. The topological polar surface area (TPSA) is 0 Å². The predicted octanol–water partition coefficient (Wildman–Crippen LogP) is 14.6. The van der Waals surface area contributed by atoms with Crippen molar-refractivity contribution in [2.75, 3.05) is 0 Å². The third kappa shape index (κ3) is 5.47. The van der Waals surface area contributed by atoms with Gasteiger partial charge in [0.25, 0.3) is 0 Å². The summed E-state index contributed by atoms with van der Waals surface area (Å²) in [4.78, 5) is 0. The van der Waals surface area contributed by atoms with Gasteiger partial charge in [-0.2, -0.15) is 0 Å². The Labute approximate surface area is 311 Å². The zero-order chi connectivity index (χ0) is 35.5. The predicted molar refractivity (Wildman–Crippen MR) is 226 cm³/mol. The van der Waals surface area contributed by atoms with Crippen LogP contribution in [0.3, 0.4) is 0 Å². The van der Waals surface area contributed by atoms with E-state index in [1.165, 1.54) is 99.4 Å². The molecule has 0 bridgehead atoms. The monoisotopic (exact) mass is 674 g/mol. The molecule has 250 valence electrons. The Morgan fingerprint density at radius 1 is 0.245 bits per heavy atom. The van der Waals surface area contributed by atoms with Crippen LogP contribution in [0.2, 0.25) is 0 Å². The van der Waals surface area contributed by atoms with Gasteiger partial charge in [0.1, 0.15) is 0 Å². The maximum atomic E-state index is 2.44. The fourth-order valence-corrected chi connectivity index (χ4v) is 8.46. The van der Waals surface area contributed by atoms with Gasteiger partial charge in [0.05, 0.1) is 0 Å². The highest BCUT2D eigenvalue weighted by Crippen LogP contribution is 2.51. The number of fused-ring (bicyclic) bond motifs is 5. The summed E-state index contributed by atoms with van der Waals surface area (Å²) in [5.41, 5.74) is 17.7. The molecule has 0 aliphatic heterocycles. The number of rotatable bonds is 5. The van der Waals surface area contributed by atoms with Gasteiger partial charge in [0, 0.05) is 5.41 Å². The van der Waals surface area contributed by atoms with E-state index in [2.05, 4.69) is 208 Å². The summed E-state index contributed by atoms with van der Waals surface area (Å²) in [6, 6.07) is 71.7. The Morgan fingerprint density at radius 3 is 1.08 bits per heavy atom. The number of hydrogen-bond donors (Lipinski definition) is 0. The van der Waals surface area contributed by atoms with Gasteiger partial charge in [0.2, 0.25) is 0 Å². The number of hydrogen-bond acceptors (Lipinski definition) is 0. The summed E-state index contributed by atoms with van der Waals surface area (Å²) in [6.07, 6.45) is 0. The second-order valence-electron chi connectivity index (χ2n) is 15.0. The van der Waals surface area contributed by atoms with Crippen LogP contribution in [0.5, 0.6) is 0 Å². The lowest BCUT2D eigenvalue weighted by Gasteiger charge is -2.23. The first-order chi connectivity index (χ1) is 26.0. The molecule has 0 spiro atoms. The van der Waals surface area contributed by atoms with Crippen molar-refractivity contribution in [3.8, 4) is 66.8 Å². The summed E-state index contributed by atoms with van der Waals surface area (Å²) in [5, 5.41) is 5.06. The quantitative estimate of drug-likeness (QED) is 0.170. The first kappa shape index (κ1) is 31.3. The van der Waals surface area contributed by atoms with Crippen LogP contribution in [0.1, 0.15) is 25.0 Å². The lowest BCUT2D eigenvalue weighted by molar-refractivity contribution is 0.661. The minimum absolute atomic E-state index is 0.137. The average molecular weight is 675 g/mol. The lowest BCUT2D eigenvalue weighted by Crippen LogP contribution is -2.15. The highest BCUT2D eigenvalue weighted by molar-refractivity contribution is 5.94. The molecule has 0 amide bonds. The molecule has 0 unspecified atom stereocenters. The maximum Gasteiger partial charge on any atom is 0.0159 e. The van der Waals surface area contributed by atoms with Crippen LogP contribution in [0, 0.1) is 0 Å². The van der Waals surface area contributed by atoms with E-state index in [9.17, 15) is 0 Å². The van der Waals surface area contributed by atoms with Crippen molar-refractivity contribution in [3.63, 3.8) is 0 Å². The van der Waals surface area contributed by atoms with Crippen molar-refractivity contribution in [3.05, 3.63) is 205 Å². The molecule has 0 aromatic heterocycles. The second kappa shape index (κ2) is 12.3. The summed E-state index contributed by atoms with van der Waals surface area (Å²) in [6.45, 7) is 4.77. The molecule has 1 aliphatic rings. The standard InChI is InChI=1S/C53H38/c1-53(2)51-33-44(43-22-21-41-28-40(19-20-42(41)29-43)39-18-17-37-15-9-10-16-38(37)27-39)23-25-49(51)50-26-24-45(34-52(50)53)48-31-46(35-11-5-3-6-12-35)30-47(32-48)36-13-7-4-8-14-36/h3-34H,1-2H3. The Kier molecular flexibility index (Phi) is 7.27. The van der Waals surface area contributed by atoms with Crippen LogP contribution in [0.25, 0.3) is 88.3 Å². The Bertz CT molecular complexity index is 2780. The van der Waals surface area contributed by atoms with Gasteiger partial charge in [-0.1, -0.05) is 159 Å². The van der Waals surface area contributed by atoms with Crippen molar-refractivity contribution in [1.82, 2.24) is 0 Å². The maximum absolute atomic E-state index is 2.44. The zero-order valence-corrected chi connectivity index (χ0v) is 30.0. The Hall–Kier alpha value is -6.50. The summed E-state index contributed by atoms with van der Waals surface area (Å²) < 4.78 is 0. The fraction of sp³-hybridized carbons (Fsp3) is 0.0566. The summed E-state index contributed by atoms with van der Waals surface area (Å²) in [7, 11) is 0. The van der Waals surface area contributed by atoms with Gasteiger partial charge in [-0.3, -0.25) is 0 Å². The van der Waals surface area contributed by atoms with E-state index in [0.29, 0.717) is 0 Å². The molecule has 0 N–H and O–H groups in total. The summed E-state index contributed by atoms with van der Waals surface area (Å²) >= 11 is 0. The van der Waals surface area contributed by atoms with Crippen molar-refractivity contribution in [2.45, 2.75) is 19.3 Å². The first-order valence-electron chi connectivity index (χ1n) is 18.6. The van der Waals surface area contributed by atoms with Gasteiger partial charge < -0.3 is 0 Å². The summed E-state index contributed by atoms with van der Waals surface area (Å²) in [5.74, 6) is 0. The highest BCUT2D eigenvalue weighted by Gasteiger charge is 2.36. The molecule has 53 heavy (non-hydrogen) atoms. The average Bonchev–Trinajstić information content (AvgIpc) is 3.45. The van der Waals surface area contributed by atoms with Crippen LogP contribution in [-0.4, -0.2) is 0 Å². The van der Waals surface area contributed by atoms with E-state index < -0.39 is 0 Å². The SMILES string of the molecule is CC1(C)c2cc(-c3cc(-c4ccccc4)cc(-c4ccccc4)c3)ccc2-c2ccc(-c3ccc4cc(-c5ccc6ccccc6c5)ccc4c3)cc21. The smallest absolute Gasteiger partial charge is 0.0159 e. The van der Waals surface area contributed by atoms with Crippen LogP contribution in [-0.2, 0) is 5.41 Å². The van der Waals surface area contributed by atoms with Crippen LogP contribution in [0.4, 0.5) is 0 Å². The van der Waals surface area contributed by atoms with Crippen molar-refractivity contribution >= 4 is 21.5 Å². The van der Waals surface area contributed by atoms with Gasteiger partial charge in [-0.05, 0) is 148 Å². The molecule has 0 radical (unpaired) electrons. The third-order valence-corrected chi connectivity index (χ3v) is 11.4. The molecule has 0 saturated heterocycles. The van der Waals surface area contributed by atoms with Crippen molar-refractivity contribution in [1.29, 1.82) is 0 Å². The second-order valence-corrected chi connectivity index (χ2v) is 15.0. The largest absolute Gasteiger partial charge is 0.0622 e. The van der Waals surface area contributed by atoms with Crippen LogP contribution < -0.4 is 0 Å². The number of benzene rings is 9. The van der Waals surface area contributed by atoms with Gasteiger partial charge in [0.15, 0.2) is 0 Å². The molecule has 0 heterocycles. The van der Waals surface area contributed by atoms with E-state index >= 15 is 0 Å². The Morgan fingerprint density at radius 2 is 0.585 bits per heavy atom. The molecule has 0 nitrogen and oxygen atoms in total. The lowest BCUT2D eigenvalue weighted by atomic mass is 9.80. The molecule has 0 fully saturated rings. The van der Waals surface area contributed by atoms with E-state index in [1.807, 2.05) is 0 Å². The molecule has 9 aromatic carbocycles. The molecule has 0 saturated carbocycles. The molecular formula is C53H38. The van der Waals surface area contributed by atoms with Crippen LogP contribution in [0.15, 0.2) is 194 Å². The minimum atomic E-state index is -0.137. The van der Waals surface area contributed by atoms with Crippen molar-refractivity contribution < 1.29 is 0 Å². The van der Waals surface area contributed by atoms with Gasteiger partial charge in [-0.15, -0.1) is 0 Å². The molecule has 1 aliphatic carbocycles. The van der Waals surface area contributed by atoms with E-state index in [0.717, 1.165) is 0 Å². The third-order valence-electron chi connectivity index (χ3n) is 11.4. The fourth-order valence-electron chi connectivity index (χ4n) is 8.46. The zero-order valence-electron chi connectivity index (χ0n) is 30.0. The highest BCUT2D eigenvalue weighted by atomic mass is 14.4. The molecule has 0 heteroatoms. The van der Waals surface area contributed by atoms with E-state index in [4.69, 9.17) is 0 Å². The Balaban J connectivity index is 0.995.